The third kappa shape index (κ3) is 5.33. The summed E-state index contributed by atoms with van der Waals surface area (Å²) >= 11 is 0. The number of nitrogens with one attached hydrogen (secondary N) is 1. The van der Waals surface area contributed by atoms with Gasteiger partial charge in [-0.25, -0.2) is 0 Å². The predicted octanol–water partition coefficient (Wildman–Crippen LogP) is 0.406. The fraction of sp³-hybridized carbons (Fsp3) is 0.923. The Balaban J connectivity index is 2.16. The van der Waals surface area contributed by atoms with Crippen molar-refractivity contribution in [3.05, 3.63) is 0 Å². The number of hydrogen-bond acceptors (Lipinski definition) is 4. The molecule has 0 aromatic heterocycles. The second-order valence-electron chi connectivity index (χ2n) is 5.32. The lowest BCUT2D eigenvalue weighted by molar-refractivity contribution is -0.119. The molecular formula is C13H26N2O3. The van der Waals surface area contributed by atoms with Crippen LogP contribution in [0.5, 0.6) is 0 Å². The largest absolute Gasteiger partial charge is 0.389 e. The van der Waals surface area contributed by atoms with Crippen LogP contribution < -0.4 is 11.1 Å². The van der Waals surface area contributed by atoms with Gasteiger partial charge in [0.25, 0.3) is 0 Å². The minimum absolute atomic E-state index is 0.266. The smallest absolute Gasteiger partial charge is 0.234 e. The zero-order valence-electron chi connectivity index (χ0n) is 11.4. The first-order chi connectivity index (χ1) is 8.50. The molecule has 1 amide bonds. The minimum Gasteiger partial charge on any atom is -0.389 e. The minimum atomic E-state index is -0.596. The Morgan fingerprint density at radius 1 is 1.50 bits per heavy atom. The molecule has 106 valence electrons. The maximum absolute atomic E-state index is 10.8. The van der Waals surface area contributed by atoms with E-state index in [1.807, 2.05) is 0 Å². The van der Waals surface area contributed by atoms with Crippen molar-refractivity contribution in [1.29, 1.82) is 0 Å². The maximum Gasteiger partial charge on any atom is 0.234 e. The van der Waals surface area contributed by atoms with Gasteiger partial charge in [0.05, 0.1) is 24.9 Å². The van der Waals surface area contributed by atoms with Crippen molar-refractivity contribution < 1.29 is 14.6 Å². The zero-order chi connectivity index (χ0) is 13.5. The van der Waals surface area contributed by atoms with E-state index in [4.69, 9.17) is 10.5 Å². The highest BCUT2D eigenvalue weighted by atomic mass is 16.5. The predicted molar refractivity (Wildman–Crippen MR) is 70.0 cm³/mol. The van der Waals surface area contributed by atoms with Gasteiger partial charge in [0.15, 0.2) is 0 Å². The lowest BCUT2D eigenvalue weighted by Crippen LogP contribution is -2.43. The molecule has 0 bridgehead atoms. The number of hydrogen-bond donors (Lipinski definition) is 3. The molecule has 0 aromatic carbocycles. The van der Waals surface area contributed by atoms with E-state index in [-0.39, 0.29) is 6.10 Å². The Labute approximate surface area is 109 Å². The normalized spacial score (nSPS) is 27.7. The van der Waals surface area contributed by atoms with Crippen LogP contribution in [0.4, 0.5) is 0 Å². The van der Waals surface area contributed by atoms with Gasteiger partial charge < -0.3 is 20.9 Å². The van der Waals surface area contributed by atoms with Crippen molar-refractivity contribution in [2.24, 2.45) is 11.7 Å². The SMILES string of the molecule is CC(NCC(O)COC1CCCCC1C)C(N)=O. The summed E-state index contributed by atoms with van der Waals surface area (Å²) in [7, 11) is 0. The number of rotatable bonds is 7. The van der Waals surface area contributed by atoms with E-state index in [9.17, 15) is 9.90 Å². The van der Waals surface area contributed by atoms with Crippen molar-refractivity contribution in [1.82, 2.24) is 5.32 Å². The van der Waals surface area contributed by atoms with Crippen LogP contribution in [-0.4, -0.2) is 42.4 Å². The molecule has 4 unspecified atom stereocenters. The first-order valence-electron chi connectivity index (χ1n) is 6.83. The summed E-state index contributed by atoms with van der Waals surface area (Å²) in [5, 5.41) is 12.6. The number of carbonyl (C=O) groups excluding carboxylic acids is 1. The number of nitrogens with two attached hydrogens (primary N) is 1. The van der Waals surface area contributed by atoms with Gasteiger partial charge in [-0.1, -0.05) is 19.8 Å². The summed E-state index contributed by atoms with van der Waals surface area (Å²) in [6.07, 6.45) is 4.45. The summed E-state index contributed by atoms with van der Waals surface area (Å²) in [4.78, 5) is 10.8. The molecule has 18 heavy (non-hydrogen) atoms. The topological polar surface area (TPSA) is 84.6 Å². The number of aliphatic hydroxyl groups is 1. The van der Waals surface area contributed by atoms with E-state index in [1.165, 1.54) is 19.3 Å². The molecule has 1 aliphatic carbocycles. The number of carbonyl (C=O) groups is 1. The van der Waals surface area contributed by atoms with Crippen molar-refractivity contribution in [3.8, 4) is 0 Å². The third-order valence-electron chi connectivity index (χ3n) is 3.62. The molecule has 0 aliphatic heterocycles. The Morgan fingerprint density at radius 3 is 2.78 bits per heavy atom. The van der Waals surface area contributed by atoms with E-state index in [2.05, 4.69) is 12.2 Å². The molecular weight excluding hydrogens is 232 g/mol. The van der Waals surface area contributed by atoms with Gasteiger partial charge in [0.2, 0.25) is 5.91 Å². The van der Waals surface area contributed by atoms with E-state index < -0.39 is 18.1 Å². The van der Waals surface area contributed by atoms with Gasteiger partial charge in [-0.05, 0) is 25.7 Å². The summed E-state index contributed by atoms with van der Waals surface area (Å²) in [6, 6.07) is -0.423. The Morgan fingerprint density at radius 2 is 2.17 bits per heavy atom. The molecule has 5 nitrogen and oxygen atoms in total. The summed E-state index contributed by atoms with van der Waals surface area (Å²) < 4.78 is 5.74. The quantitative estimate of drug-likeness (QED) is 0.617. The number of aliphatic hydroxyl groups excluding tert-OH is 1. The van der Waals surface area contributed by atoms with Crippen LogP contribution in [0.3, 0.4) is 0 Å². The van der Waals surface area contributed by atoms with E-state index in [0.29, 0.717) is 19.1 Å². The molecule has 1 saturated carbocycles. The first kappa shape index (κ1) is 15.4. The van der Waals surface area contributed by atoms with Gasteiger partial charge in [-0.2, -0.15) is 0 Å². The summed E-state index contributed by atoms with van der Waals surface area (Å²) in [5.41, 5.74) is 5.12. The average molecular weight is 258 g/mol. The van der Waals surface area contributed by atoms with Crippen LogP contribution in [0.15, 0.2) is 0 Å². The van der Waals surface area contributed by atoms with E-state index >= 15 is 0 Å². The van der Waals surface area contributed by atoms with Gasteiger partial charge in [-0.3, -0.25) is 4.79 Å². The molecule has 0 aromatic rings. The zero-order valence-corrected chi connectivity index (χ0v) is 11.4. The second kappa shape index (κ2) is 7.71. The highest BCUT2D eigenvalue weighted by Crippen LogP contribution is 2.26. The van der Waals surface area contributed by atoms with Gasteiger partial charge in [0, 0.05) is 6.54 Å². The maximum atomic E-state index is 10.8. The Bertz CT molecular complexity index is 261. The molecule has 4 N–H and O–H groups in total. The number of ether oxygens (including phenoxy) is 1. The van der Waals surface area contributed by atoms with Crippen molar-refractivity contribution in [3.63, 3.8) is 0 Å². The first-order valence-corrected chi connectivity index (χ1v) is 6.83. The van der Waals surface area contributed by atoms with Crippen LogP contribution in [0.1, 0.15) is 39.5 Å². The monoisotopic (exact) mass is 258 g/mol. The summed E-state index contributed by atoms with van der Waals surface area (Å²) in [5.74, 6) is 0.160. The van der Waals surface area contributed by atoms with Gasteiger partial charge in [0.1, 0.15) is 0 Å². The van der Waals surface area contributed by atoms with Crippen LogP contribution >= 0.6 is 0 Å². The van der Waals surface area contributed by atoms with E-state index in [0.717, 1.165) is 6.42 Å². The lowest BCUT2D eigenvalue weighted by atomic mass is 9.88. The van der Waals surface area contributed by atoms with Crippen molar-refractivity contribution in [2.45, 2.75) is 57.8 Å². The molecule has 0 heterocycles. The fourth-order valence-electron chi connectivity index (χ4n) is 2.24. The Hall–Kier alpha value is -0.650. The molecule has 5 heteroatoms. The fourth-order valence-corrected chi connectivity index (χ4v) is 2.24. The average Bonchev–Trinajstić information content (AvgIpc) is 2.34. The van der Waals surface area contributed by atoms with Crippen LogP contribution in [0, 0.1) is 5.92 Å². The number of primary amides is 1. The molecule has 0 spiro atoms. The third-order valence-corrected chi connectivity index (χ3v) is 3.62. The molecule has 4 atom stereocenters. The highest BCUT2D eigenvalue weighted by Gasteiger charge is 2.22. The second-order valence-corrected chi connectivity index (χ2v) is 5.32. The molecule has 1 fully saturated rings. The lowest BCUT2D eigenvalue weighted by Gasteiger charge is -2.29. The molecule has 1 aliphatic rings. The van der Waals surface area contributed by atoms with Crippen molar-refractivity contribution in [2.75, 3.05) is 13.2 Å². The molecule has 0 radical (unpaired) electrons. The number of amides is 1. The Kier molecular flexibility index (Phi) is 6.60. The van der Waals surface area contributed by atoms with Gasteiger partial charge in [-0.15, -0.1) is 0 Å². The summed E-state index contributed by atoms with van der Waals surface area (Å²) in [6.45, 7) is 4.52. The standard InChI is InChI=1S/C13H26N2O3/c1-9-5-3-4-6-12(9)18-8-11(16)7-15-10(2)13(14)17/h9-12,15-16H,3-8H2,1-2H3,(H2,14,17). The molecule has 1 rings (SSSR count). The van der Waals surface area contributed by atoms with Crippen LogP contribution in [-0.2, 0) is 9.53 Å². The van der Waals surface area contributed by atoms with E-state index in [1.54, 1.807) is 6.92 Å². The van der Waals surface area contributed by atoms with Gasteiger partial charge >= 0.3 is 0 Å². The highest BCUT2D eigenvalue weighted by molar-refractivity contribution is 5.79. The molecule has 0 saturated heterocycles. The van der Waals surface area contributed by atoms with Crippen molar-refractivity contribution >= 4 is 5.91 Å². The van der Waals surface area contributed by atoms with Crippen LogP contribution in [0.25, 0.3) is 0 Å². The van der Waals surface area contributed by atoms with Crippen LogP contribution in [0.2, 0.25) is 0 Å².